The van der Waals surface area contributed by atoms with E-state index in [9.17, 15) is 0 Å². The van der Waals surface area contributed by atoms with Crippen LogP contribution in [0.15, 0.2) is 24.5 Å². The maximum Gasteiger partial charge on any atom is 0.153 e. The van der Waals surface area contributed by atoms with Gasteiger partial charge in [-0.05, 0) is 37.1 Å². The van der Waals surface area contributed by atoms with E-state index in [2.05, 4.69) is 10.1 Å². The SMILES string of the molecule is Cc1cnn(-c2cc(CO)cc(C)n2)c1. The number of aliphatic hydroxyl groups excluding tert-OH is 1. The lowest BCUT2D eigenvalue weighted by atomic mass is 10.2. The van der Waals surface area contributed by atoms with E-state index in [1.54, 1.807) is 10.9 Å². The smallest absolute Gasteiger partial charge is 0.153 e. The summed E-state index contributed by atoms with van der Waals surface area (Å²) in [7, 11) is 0. The Hall–Kier alpha value is -1.68. The molecule has 0 saturated heterocycles. The van der Waals surface area contributed by atoms with Crippen molar-refractivity contribution in [2.75, 3.05) is 0 Å². The van der Waals surface area contributed by atoms with Gasteiger partial charge in [0.25, 0.3) is 0 Å². The molecule has 0 atom stereocenters. The van der Waals surface area contributed by atoms with Gasteiger partial charge >= 0.3 is 0 Å². The van der Waals surface area contributed by atoms with Crippen molar-refractivity contribution >= 4 is 0 Å². The van der Waals surface area contributed by atoms with Gasteiger partial charge in [-0.1, -0.05) is 0 Å². The molecule has 0 aliphatic heterocycles. The number of hydrogen-bond donors (Lipinski definition) is 1. The third-order valence-electron chi connectivity index (χ3n) is 2.13. The second-order valence-electron chi connectivity index (χ2n) is 3.60. The average molecular weight is 203 g/mol. The zero-order chi connectivity index (χ0) is 10.8. The predicted octanol–water partition coefficient (Wildman–Crippen LogP) is 1.38. The quantitative estimate of drug-likeness (QED) is 0.802. The highest BCUT2D eigenvalue weighted by Gasteiger charge is 2.02. The summed E-state index contributed by atoms with van der Waals surface area (Å²) < 4.78 is 1.71. The van der Waals surface area contributed by atoms with Gasteiger partial charge in [0.15, 0.2) is 5.82 Å². The Labute approximate surface area is 88.2 Å². The normalized spacial score (nSPS) is 10.6. The average Bonchev–Trinajstić information content (AvgIpc) is 2.64. The number of pyridine rings is 1. The van der Waals surface area contributed by atoms with E-state index in [1.807, 2.05) is 32.2 Å². The van der Waals surface area contributed by atoms with E-state index in [0.717, 1.165) is 22.6 Å². The molecule has 0 spiro atoms. The molecule has 0 saturated carbocycles. The number of aliphatic hydroxyl groups is 1. The molecule has 0 aliphatic rings. The summed E-state index contributed by atoms with van der Waals surface area (Å²) in [6, 6.07) is 3.69. The van der Waals surface area contributed by atoms with Crippen molar-refractivity contribution in [3.63, 3.8) is 0 Å². The summed E-state index contributed by atoms with van der Waals surface area (Å²) in [5.41, 5.74) is 2.82. The first-order valence-corrected chi connectivity index (χ1v) is 4.79. The van der Waals surface area contributed by atoms with Gasteiger partial charge in [0, 0.05) is 11.9 Å². The van der Waals surface area contributed by atoms with Crippen LogP contribution < -0.4 is 0 Å². The molecule has 2 heterocycles. The molecule has 4 heteroatoms. The van der Waals surface area contributed by atoms with Crippen LogP contribution in [0.3, 0.4) is 0 Å². The van der Waals surface area contributed by atoms with E-state index >= 15 is 0 Å². The van der Waals surface area contributed by atoms with Gasteiger partial charge in [0.2, 0.25) is 0 Å². The number of aryl methyl sites for hydroxylation is 2. The van der Waals surface area contributed by atoms with Crippen molar-refractivity contribution in [1.82, 2.24) is 14.8 Å². The van der Waals surface area contributed by atoms with E-state index < -0.39 is 0 Å². The minimum absolute atomic E-state index is 0.0244. The Morgan fingerprint density at radius 3 is 2.73 bits per heavy atom. The second kappa shape index (κ2) is 3.82. The number of nitrogens with zero attached hydrogens (tertiary/aromatic N) is 3. The molecule has 1 N–H and O–H groups in total. The van der Waals surface area contributed by atoms with Crippen LogP contribution in [0, 0.1) is 13.8 Å². The van der Waals surface area contributed by atoms with Crippen molar-refractivity contribution in [2.24, 2.45) is 0 Å². The van der Waals surface area contributed by atoms with Crippen molar-refractivity contribution in [3.05, 3.63) is 41.3 Å². The Kier molecular flexibility index (Phi) is 2.51. The molecule has 0 aromatic carbocycles. The van der Waals surface area contributed by atoms with Crippen LogP contribution in [-0.4, -0.2) is 19.9 Å². The molecule has 2 aromatic rings. The number of hydrogen-bond acceptors (Lipinski definition) is 3. The van der Waals surface area contributed by atoms with Crippen LogP contribution in [0.4, 0.5) is 0 Å². The van der Waals surface area contributed by atoms with E-state index in [-0.39, 0.29) is 6.61 Å². The molecular weight excluding hydrogens is 190 g/mol. The van der Waals surface area contributed by atoms with Crippen LogP contribution in [0.2, 0.25) is 0 Å². The Balaban J connectivity index is 2.48. The standard InChI is InChI=1S/C11H13N3O/c1-8-5-12-14(6-8)11-4-10(7-15)3-9(2)13-11/h3-6,15H,7H2,1-2H3. The second-order valence-corrected chi connectivity index (χ2v) is 3.60. The fraction of sp³-hybridized carbons (Fsp3) is 0.273. The Morgan fingerprint density at radius 2 is 2.13 bits per heavy atom. The van der Waals surface area contributed by atoms with Gasteiger partial charge in [0.05, 0.1) is 12.8 Å². The number of rotatable bonds is 2. The van der Waals surface area contributed by atoms with Crippen LogP contribution in [0.25, 0.3) is 5.82 Å². The molecule has 15 heavy (non-hydrogen) atoms. The largest absolute Gasteiger partial charge is 0.392 e. The van der Waals surface area contributed by atoms with Gasteiger partial charge in [-0.25, -0.2) is 9.67 Å². The maximum atomic E-state index is 9.08. The van der Waals surface area contributed by atoms with Crippen molar-refractivity contribution in [1.29, 1.82) is 0 Å². The molecule has 0 bridgehead atoms. The molecule has 2 rings (SSSR count). The zero-order valence-corrected chi connectivity index (χ0v) is 8.81. The molecule has 78 valence electrons. The Morgan fingerprint density at radius 1 is 1.33 bits per heavy atom. The van der Waals surface area contributed by atoms with Crippen LogP contribution >= 0.6 is 0 Å². The lowest BCUT2D eigenvalue weighted by molar-refractivity contribution is 0.281. The molecular formula is C11H13N3O. The summed E-state index contributed by atoms with van der Waals surface area (Å²) in [6.07, 6.45) is 3.69. The molecule has 4 nitrogen and oxygen atoms in total. The first-order chi connectivity index (χ1) is 7.19. The first kappa shape index (κ1) is 9.86. The molecule has 0 unspecified atom stereocenters. The minimum atomic E-state index is 0.0244. The van der Waals surface area contributed by atoms with Crippen LogP contribution in [0.1, 0.15) is 16.8 Å². The van der Waals surface area contributed by atoms with Gasteiger partial charge in [-0.2, -0.15) is 5.10 Å². The fourth-order valence-electron chi connectivity index (χ4n) is 1.47. The van der Waals surface area contributed by atoms with E-state index in [4.69, 9.17) is 5.11 Å². The lowest BCUT2D eigenvalue weighted by Crippen LogP contribution is -2.01. The highest BCUT2D eigenvalue weighted by atomic mass is 16.3. The maximum absolute atomic E-state index is 9.08. The fourth-order valence-corrected chi connectivity index (χ4v) is 1.47. The van der Waals surface area contributed by atoms with Crippen LogP contribution in [0.5, 0.6) is 0 Å². The molecule has 0 amide bonds. The van der Waals surface area contributed by atoms with Crippen molar-refractivity contribution in [3.8, 4) is 5.82 Å². The summed E-state index contributed by atoms with van der Waals surface area (Å²) in [6.45, 7) is 3.90. The topological polar surface area (TPSA) is 50.9 Å². The molecule has 0 radical (unpaired) electrons. The molecule has 0 fully saturated rings. The zero-order valence-electron chi connectivity index (χ0n) is 8.81. The van der Waals surface area contributed by atoms with E-state index in [0.29, 0.717) is 0 Å². The monoisotopic (exact) mass is 203 g/mol. The van der Waals surface area contributed by atoms with Crippen molar-refractivity contribution in [2.45, 2.75) is 20.5 Å². The Bertz CT molecular complexity index is 476. The molecule has 2 aromatic heterocycles. The van der Waals surface area contributed by atoms with Crippen LogP contribution in [-0.2, 0) is 6.61 Å². The highest BCUT2D eigenvalue weighted by molar-refractivity contribution is 5.30. The predicted molar refractivity (Wildman–Crippen MR) is 56.8 cm³/mol. The molecule has 0 aliphatic carbocycles. The lowest BCUT2D eigenvalue weighted by Gasteiger charge is -2.04. The number of aromatic nitrogens is 3. The first-order valence-electron chi connectivity index (χ1n) is 4.79. The third-order valence-corrected chi connectivity index (χ3v) is 2.13. The summed E-state index contributed by atoms with van der Waals surface area (Å²) in [4.78, 5) is 4.35. The van der Waals surface area contributed by atoms with Gasteiger partial charge in [-0.15, -0.1) is 0 Å². The summed E-state index contributed by atoms with van der Waals surface area (Å²) in [5, 5.41) is 13.3. The van der Waals surface area contributed by atoms with Gasteiger partial charge < -0.3 is 5.11 Å². The summed E-state index contributed by atoms with van der Waals surface area (Å²) >= 11 is 0. The van der Waals surface area contributed by atoms with E-state index in [1.165, 1.54) is 0 Å². The minimum Gasteiger partial charge on any atom is -0.392 e. The van der Waals surface area contributed by atoms with Gasteiger partial charge in [0.1, 0.15) is 0 Å². The highest BCUT2D eigenvalue weighted by Crippen LogP contribution is 2.10. The van der Waals surface area contributed by atoms with Gasteiger partial charge in [-0.3, -0.25) is 0 Å². The van der Waals surface area contributed by atoms with Crippen molar-refractivity contribution < 1.29 is 5.11 Å². The summed E-state index contributed by atoms with van der Waals surface area (Å²) in [5.74, 6) is 0.743. The third kappa shape index (κ3) is 2.05.